The molecule has 13 heteroatoms. The van der Waals surface area contributed by atoms with Crippen molar-refractivity contribution in [3.63, 3.8) is 0 Å². The summed E-state index contributed by atoms with van der Waals surface area (Å²) in [7, 11) is -5.03. The molecule has 0 radical (unpaired) electrons. The zero-order chi connectivity index (χ0) is 45.5. The standard InChI is InChI=1S/C49H85O12P/c1-3-5-7-9-11-13-15-17-19-20-21-22-23-24-25-26-28-30-32-34-36-38-43(50)60-42(40-58-39-37-35-33-31-29-27-18-16-14-12-10-8-6-4-2)41-59-62(56,57)61-49-47(54)45(52)44(51)46(53)48(49)55/h6,8,12,14-15,17-18,20-21,23-24,27,42,44-49,51-55H,3-5,7,9-11,13,16,19,22,25-26,28-41H2,1-2H3,(H,56,57)/b8-6-,14-12-,17-15-,21-20-,24-23-,27-18-. The number of aliphatic hydroxyl groups excluding tert-OH is 5. The summed E-state index contributed by atoms with van der Waals surface area (Å²) in [6.07, 6.45) is 38.3. The van der Waals surface area contributed by atoms with Gasteiger partial charge in [-0.1, -0.05) is 151 Å². The number of unbranched alkanes of at least 4 members (excludes halogenated alkanes) is 15. The Morgan fingerprint density at radius 2 is 0.952 bits per heavy atom. The van der Waals surface area contributed by atoms with Crippen LogP contribution in [-0.4, -0.2) is 98.9 Å². The molecule has 1 aliphatic carbocycles. The number of carbonyl (C=O) groups is 1. The van der Waals surface area contributed by atoms with Gasteiger partial charge in [-0.2, -0.15) is 0 Å². The number of phosphoric acid groups is 1. The van der Waals surface area contributed by atoms with E-state index in [1.165, 1.54) is 38.5 Å². The van der Waals surface area contributed by atoms with Crippen LogP contribution in [-0.2, 0) is 27.9 Å². The van der Waals surface area contributed by atoms with Crippen LogP contribution in [0.15, 0.2) is 72.9 Å². The number of esters is 1. The van der Waals surface area contributed by atoms with Gasteiger partial charge in [0.1, 0.15) is 42.7 Å². The van der Waals surface area contributed by atoms with Crippen molar-refractivity contribution in [2.24, 2.45) is 0 Å². The monoisotopic (exact) mass is 897 g/mol. The van der Waals surface area contributed by atoms with Crippen LogP contribution in [0.3, 0.4) is 0 Å². The number of carbonyl (C=O) groups excluding carboxylic acids is 1. The topological polar surface area (TPSA) is 192 Å². The number of hydrogen-bond acceptors (Lipinski definition) is 11. The van der Waals surface area contributed by atoms with Gasteiger partial charge < -0.3 is 39.9 Å². The SMILES string of the molecule is CC/C=C\C/C=C\C/C=C\CCCCCCOCC(COP(=O)(O)OC1C(O)C(O)C(O)C(O)C1O)OC(=O)CCCCCCCC/C=C\C/C=C\C/C=C\CCCCCCC. The maximum atomic E-state index is 12.8. The summed E-state index contributed by atoms with van der Waals surface area (Å²) in [4.78, 5) is 23.2. The van der Waals surface area contributed by atoms with E-state index in [2.05, 4.69) is 86.8 Å². The van der Waals surface area contributed by atoms with Gasteiger partial charge >= 0.3 is 13.8 Å². The molecule has 62 heavy (non-hydrogen) atoms. The number of phosphoric ester groups is 1. The first kappa shape index (κ1) is 57.8. The Balaban J connectivity index is 2.40. The number of ether oxygens (including phenoxy) is 2. The van der Waals surface area contributed by atoms with Crippen molar-refractivity contribution in [2.45, 2.75) is 211 Å². The molecule has 1 rings (SSSR count). The maximum absolute atomic E-state index is 12.8. The molecule has 1 fully saturated rings. The van der Waals surface area contributed by atoms with Crippen LogP contribution in [0.1, 0.15) is 168 Å². The fraction of sp³-hybridized carbons (Fsp3) is 0.735. The molecule has 1 saturated carbocycles. The molecule has 0 heterocycles. The average Bonchev–Trinajstić information content (AvgIpc) is 3.26. The van der Waals surface area contributed by atoms with E-state index in [0.29, 0.717) is 13.0 Å². The van der Waals surface area contributed by atoms with Gasteiger partial charge in [0.15, 0.2) is 0 Å². The number of rotatable bonds is 39. The average molecular weight is 897 g/mol. The van der Waals surface area contributed by atoms with Crippen LogP contribution in [0.4, 0.5) is 0 Å². The molecule has 0 aromatic heterocycles. The molecule has 6 unspecified atom stereocenters. The van der Waals surface area contributed by atoms with Crippen molar-refractivity contribution in [1.29, 1.82) is 0 Å². The van der Waals surface area contributed by atoms with Crippen LogP contribution in [0, 0.1) is 0 Å². The lowest BCUT2D eigenvalue weighted by Gasteiger charge is -2.41. The highest BCUT2D eigenvalue weighted by Crippen LogP contribution is 2.47. The van der Waals surface area contributed by atoms with E-state index in [1.54, 1.807) is 0 Å². The number of aliphatic hydroxyl groups is 5. The first-order chi connectivity index (χ1) is 30.0. The van der Waals surface area contributed by atoms with Gasteiger partial charge in [0, 0.05) is 13.0 Å². The van der Waals surface area contributed by atoms with Gasteiger partial charge in [0.05, 0.1) is 13.2 Å². The summed E-state index contributed by atoms with van der Waals surface area (Å²) in [6, 6.07) is 0. The number of allylic oxidation sites excluding steroid dienone is 12. The Morgan fingerprint density at radius 3 is 1.45 bits per heavy atom. The lowest BCUT2D eigenvalue weighted by Crippen LogP contribution is -2.64. The summed E-state index contributed by atoms with van der Waals surface area (Å²) >= 11 is 0. The minimum Gasteiger partial charge on any atom is -0.457 e. The Morgan fingerprint density at radius 1 is 0.532 bits per heavy atom. The van der Waals surface area contributed by atoms with Crippen molar-refractivity contribution in [3.8, 4) is 0 Å². The second kappa shape index (κ2) is 39.2. The van der Waals surface area contributed by atoms with Gasteiger partial charge in [-0.25, -0.2) is 4.57 Å². The van der Waals surface area contributed by atoms with Gasteiger partial charge in [-0.15, -0.1) is 0 Å². The first-order valence-electron chi connectivity index (χ1n) is 23.8. The zero-order valence-corrected chi connectivity index (χ0v) is 39.0. The molecular weight excluding hydrogens is 812 g/mol. The summed E-state index contributed by atoms with van der Waals surface area (Å²) in [5.41, 5.74) is 0. The summed E-state index contributed by atoms with van der Waals surface area (Å²) in [5, 5.41) is 50.2. The first-order valence-corrected chi connectivity index (χ1v) is 25.3. The largest absolute Gasteiger partial charge is 0.472 e. The lowest BCUT2D eigenvalue weighted by molar-refractivity contribution is -0.220. The molecule has 0 aromatic rings. The van der Waals surface area contributed by atoms with Gasteiger partial charge in [-0.3, -0.25) is 13.8 Å². The summed E-state index contributed by atoms with van der Waals surface area (Å²) in [5.74, 6) is -0.501. The quantitative estimate of drug-likeness (QED) is 0.0148. The molecule has 0 saturated heterocycles. The molecule has 0 amide bonds. The van der Waals surface area contributed by atoms with Crippen LogP contribution < -0.4 is 0 Å². The molecule has 6 atom stereocenters. The zero-order valence-electron chi connectivity index (χ0n) is 38.1. The fourth-order valence-corrected chi connectivity index (χ4v) is 7.76. The van der Waals surface area contributed by atoms with E-state index in [9.17, 15) is 39.8 Å². The van der Waals surface area contributed by atoms with E-state index < -0.39 is 63.1 Å². The lowest BCUT2D eigenvalue weighted by atomic mass is 9.85. The predicted octanol–water partition coefficient (Wildman–Crippen LogP) is 9.97. The van der Waals surface area contributed by atoms with E-state index in [-0.39, 0.29) is 13.0 Å². The highest BCUT2D eigenvalue weighted by Gasteiger charge is 2.51. The van der Waals surface area contributed by atoms with E-state index >= 15 is 0 Å². The Labute approximate surface area is 374 Å². The number of hydrogen-bond donors (Lipinski definition) is 6. The van der Waals surface area contributed by atoms with Gasteiger partial charge in [0.2, 0.25) is 0 Å². The second-order valence-electron chi connectivity index (χ2n) is 16.2. The summed E-state index contributed by atoms with van der Waals surface area (Å²) < 4.78 is 34.2. The van der Waals surface area contributed by atoms with E-state index in [4.69, 9.17) is 18.5 Å². The third kappa shape index (κ3) is 30.8. The third-order valence-electron chi connectivity index (χ3n) is 10.6. The Hall–Kier alpha value is -2.22. The minimum absolute atomic E-state index is 0.101. The maximum Gasteiger partial charge on any atom is 0.472 e. The molecule has 358 valence electrons. The van der Waals surface area contributed by atoms with Crippen LogP contribution in [0.25, 0.3) is 0 Å². The predicted molar refractivity (Wildman–Crippen MR) is 248 cm³/mol. The molecular formula is C49H85O12P. The molecule has 1 aliphatic rings. The van der Waals surface area contributed by atoms with Crippen molar-refractivity contribution in [1.82, 2.24) is 0 Å². The molecule has 12 nitrogen and oxygen atoms in total. The van der Waals surface area contributed by atoms with Crippen molar-refractivity contribution in [2.75, 3.05) is 19.8 Å². The highest BCUT2D eigenvalue weighted by atomic mass is 31.2. The molecule has 0 spiro atoms. The molecule has 6 N–H and O–H groups in total. The van der Waals surface area contributed by atoms with E-state index in [1.807, 2.05) is 0 Å². The second-order valence-corrected chi connectivity index (χ2v) is 17.6. The van der Waals surface area contributed by atoms with E-state index in [0.717, 1.165) is 103 Å². The Bertz CT molecular complexity index is 1300. The van der Waals surface area contributed by atoms with Crippen LogP contribution in [0.5, 0.6) is 0 Å². The molecule has 0 bridgehead atoms. The van der Waals surface area contributed by atoms with Crippen LogP contribution in [0.2, 0.25) is 0 Å². The van der Waals surface area contributed by atoms with Crippen molar-refractivity contribution >= 4 is 13.8 Å². The molecule has 0 aliphatic heterocycles. The smallest absolute Gasteiger partial charge is 0.457 e. The van der Waals surface area contributed by atoms with Gasteiger partial charge in [0.25, 0.3) is 0 Å². The molecule has 0 aromatic carbocycles. The Kier molecular flexibility index (Phi) is 36.5. The van der Waals surface area contributed by atoms with Crippen molar-refractivity contribution < 1.29 is 58.3 Å². The highest BCUT2D eigenvalue weighted by molar-refractivity contribution is 7.47. The van der Waals surface area contributed by atoms with Crippen molar-refractivity contribution in [3.05, 3.63) is 72.9 Å². The summed E-state index contributed by atoms with van der Waals surface area (Å²) in [6.45, 7) is 4.06. The third-order valence-corrected chi connectivity index (χ3v) is 11.5. The fourth-order valence-electron chi connectivity index (χ4n) is 6.79. The van der Waals surface area contributed by atoms with Gasteiger partial charge in [-0.05, 0) is 83.5 Å². The normalized spacial score (nSPS) is 22.6. The minimum atomic E-state index is -5.03. The van der Waals surface area contributed by atoms with Crippen LogP contribution >= 0.6 is 7.82 Å².